The van der Waals surface area contributed by atoms with E-state index in [1.165, 1.54) is 28.3 Å². The van der Waals surface area contributed by atoms with Crippen LogP contribution in [-0.4, -0.2) is 15.5 Å². The SMILES string of the molecule is Cc1sc2ncn(CC(=O)Oc3cccc(Cl)c3Cl)c(=O)c2c1C. The molecule has 24 heavy (non-hydrogen) atoms. The molecule has 0 fully saturated rings. The van der Waals surface area contributed by atoms with Crippen LogP contribution in [0.5, 0.6) is 5.75 Å². The number of nitrogens with zero attached hydrogens (tertiary/aromatic N) is 2. The highest BCUT2D eigenvalue weighted by atomic mass is 35.5. The number of hydrogen-bond acceptors (Lipinski definition) is 5. The first-order valence-corrected chi connectivity index (χ1v) is 8.55. The molecule has 3 aromatic rings. The highest BCUT2D eigenvalue weighted by Crippen LogP contribution is 2.31. The summed E-state index contributed by atoms with van der Waals surface area (Å²) in [7, 11) is 0. The van der Waals surface area contributed by atoms with Gasteiger partial charge < -0.3 is 4.74 Å². The minimum Gasteiger partial charge on any atom is -0.424 e. The van der Waals surface area contributed by atoms with Gasteiger partial charge in [0.25, 0.3) is 5.56 Å². The Bertz CT molecular complexity index is 1010. The Hall–Kier alpha value is -1.89. The molecule has 0 atom stereocenters. The van der Waals surface area contributed by atoms with Crippen molar-refractivity contribution in [2.75, 3.05) is 0 Å². The van der Waals surface area contributed by atoms with Gasteiger partial charge in [-0.3, -0.25) is 9.36 Å². The molecule has 2 aromatic heterocycles. The van der Waals surface area contributed by atoms with Gasteiger partial charge in [0.2, 0.25) is 0 Å². The molecule has 0 aliphatic heterocycles. The second kappa shape index (κ2) is 6.55. The van der Waals surface area contributed by atoms with Gasteiger partial charge in [-0.15, -0.1) is 11.3 Å². The van der Waals surface area contributed by atoms with Crippen molar-refractivity contribution in [3.05, 3.63) is 55.4 Å². The van der Waals surface area contributed by atoms with Crippen LogP contribution in [0.25, 0.3) is 10.2 Å². The van der Waals surface area contributed by atoms with E-state index in [0.717, 1.165) is 10.4 Å². The van der Waals surface area contributed by atoms with E-state index in [0.29, 0.717) is 10.2 Å². The number of benzene rings is 1. The second-order valence-corrected chi connectivity index (χ2v) is 7.16. The molecule has 0 N–H and O–H groups in total. The number of ether oxygens (including phenoxy) is 1. The van der Waals surface area contributed by atoms with Gasteiger partial charge >= 0.3 is 5.97 Å². The maximum atomic E-state index is 12.5. The Kier molecular flexibility index (Phi) is 4.62. The predicted octanol–water partition coefficient (Wildman–Crippen LogP) is 3.99. The molecule has 124 valence electrons. The molecule has 0 unspecified atom stereocenters. The number of fused-ring (bicyclic) bond motifs is 1. The normalized spacial score (nSPS) is 11.0. The summed E-state index contributed by atoms with van der Waals surface area (Å²) in [6.07, 6.45) is 1.35. The summed E-state index contributed by atoms with van der Waals surface area (Å²) in [5.41, 5.74) is 0.615. The lowest BCUT2D eigenvalue weighted by atomic mass is 10.2. The number of aromatic nitrogens is 2. The zero-order valence-corrected chi connectivity index (χ0v) is 15.1. The van der Waals surface area contributed by atoms with E-state index in [1.807, 2.05) is 13.8 Å². The minimum atomic E-state index is -0.632. The van der Waals surface area contributed by atoms with Crippen molar-refractivity contribution in [3.63, 3.8) is 0 Å². The number of rotatable bonds is 3. The van der Waals surface area contributed by atoms with Crippen molar-refractivity contribution >= 4 is 50.7 Å². The van der Waals surface area contributed by atoms with Gasteiger partial charge in [-0.05, 0) is 31.5 Å². The van der Waals surface area contributed by atoms with Crippen molar-refractivity contribution in [1.82, 2.24) is 9.55 Å². The summed E-state index contributed by atoms with van der Waals surface area (Å²) < 4.78 is 6.42. The first-order valence-electron chi connectivity index (χ1n) is 6.98. The van der Waals surface area contributed by atoms with Gasteiger partial charge in [-0.25, -0.2) is 9.78 Å². The van der Waals surface area contributed by atoms with E-state index in [4.69, 9.17) is 27.9 Å². The van der Waals surface area contributed by atoms with Crippen LogP contribution in [0.15, 0.2) is 29.3 Å². The molecule has 0 spiro atoms. The summed E-state index contributed by atoms with van der Waals surface area (Å²) in [5.74, 6) is -0.481. The van der Waals surface area contributed by atoms with Gasteiger partial charge in [0.05, 0.1) is 16.7 Å². The molecular weight excluding hydrogens is 371 g/mol. The van der Waals surface area contributed by atoms with E-state index < -0.39 is 5.97 Å². The van der Waals surface area contributed by atoms with E-state index in [1.54, 1.807) is 12.1 Å². The maximum absolute atomic E-state index is 12.5. The van der Waals surface area contributed by atoms with Crippen LogP contribution in [0.3, 0.4) is 0 Å². The molecule has 1 aromatic carbocycles. The number of carbonyl (C=O) groups excluding carboxylic acids is 1. The summed E-state index contributed by atoms with van der Waals surface area (Å²) in [6.45, 7) is 3.53. The van der Waals surface area contributed by atoms with Crippen LogP contribution in [0.2, 0.25) is 10.0 Å². The summed E-state index contributed by atoms with van der Waals surface area (Å²) in [5, 5.41) is 0.970. The van der Waals surface area contributed by atoms with E-state index in [2.05, 4.69) is 4.98 Å². The molecule has 0 aliphatic carbocycles. The summed E-state index contributed by atoms with van der Waals surface area (Å²) in [4.78, 5) is 30.6. The van der Waals surface area contributed by atoms with Crippen LogP contribution in [0, 0.1) is 13.8 Å². The fourth-order valence-corrected chi connectivity index (χ4v) is 3.56. The third kappa shape index (κ3) is 3.05. The molecule has 3 rings (SSSR count). The highest BCUT2D eigenvalue weighted by Gasteiger charge is 2.15. The lowest BCUT2D eigenvalue weighted by Gasteiger charge is -2.08. The van der Waals surface area contributed by atoms with Gasteiger partial charge in [0.1, 0.15) is 16.4 Å². The van der Waals surface area contributed by atoms with Gasteiger partial charge in [0.15, 0.2) is 5.75 Å². The second-order valence-electron chi connectivity index (χ2n) is 5.17. The largest absolute Gasteiger partial charge is 0.424 e. The average Bonchev–Trinajstić information content (AvgIpc) is 2.82. The maximum Gasteiger partial charge on any atom is 0.331 e. The molecule has 0 aliphatic rings. The molecule has 2 heterocycles. The molecule has 0 radical (unpaired) electrons. The predicted molar refractivity (Wildman–Crippen MR) is 95.5 cm³/mol. The molecule has 5 nitrogen and oxygen atoms in total. The van der Waals surface area contributed by atoms with Crippen LogP contribution in [-0.2, 0) is 11.3 Å². The number of carbonyl (C=O) groups is 1. The summed E-state index contributed by atoms with van der Waals surface area (Å²) in [6, 6.07) is 4.74. The number of hydrogen-bond donors (Lipinski definition) is 0. The fourth-order valence-electron chi connectivity index (χ4n) is 2.24. The first-order chi connectivity index (χ1) is 11.4. The Morgan fingerprint density at radius 3 is 2.83 bits per heavy atom. The molecule has 0 amide bonds. The standard InChI is InChI=1S/C16H12Cl2N2O3S/c1-8-9(2)24-15-13(8)16(22)20(7-19-15)6-12(21)23-11-5-3-4-10(17)14(11)18/h3-5,7H,6H2,1-2H3. The topological polar surface area (TPSA) is 61.2 Å². The average molecular weight is 383 g/mol. The third-order valence-corrected chi connectivity index (χ3v) is 5.51. The van der Waals surface area contributed by atoms with Crippen molar-refractivity contribution < 1.29 is 9.53 Å². The smallest absolute Gasteiger partial charge is 0.331 e. The van der Waals surface area contributed by atoms with Crippen molar-refractivity contribution in [1.29, 1.82) is 0 Å². The van der Waals surface area contributed by atoms with E-state index >= 15 is 0 Å². The van der Waals surface area contributed by atoms with Crippen molar-refractivity contribution in [2.24, 2.45) is 0 Å². The number of thiophene rings is 1. The molecule has 0 saturated heterocycles. The Labute approximate surface area is 151 Å². The highest BCUT2D eigenvalue weighted by molar-refractivity contribution is 7.18. The Morgan fingerprint density at radius 2 is 2.08 bits per heavy atom. The molecule has 0 bridgehead atoms. The van der Waals surface area contributed by atoms with Gasteiger partial charge in [-0.1, -0.05) is 29.3 Å². The number of aryl methyl sites for hydroxylation is 2. The monoisotopic (exact) mass is 382 g/mol. The fraction of sp³-hybridized carbons (Fsp3) is 0.188. The Balaban J connectivity index is 1.88. The van der Waals surface area contributed by atoms with E-state index in [9.17, 15) is 9.59 Å². The van der Waals surface area contributed by atoms with Crippen molar-refractivity contribution in [2.45, 2.75) is 20.4 Å². The van der Waals surface area contributed by atoms with Crippen LogP contribution in [0.1, 0.15) is 10.4 Å². The van der Waals surface area contributed by atoms with Gasteiger partial charge in [-0.2, -0.15) is 0 Å². The minimum absolute atomic E-state index is 0.151. The van der Waals surface area contributed by atoms with Gasteiger partial charge in [0, 0.05) is 4.88 Å². The van der Waals surface area contributed by atoms with Crippen LogP contribution in [0.4, 0.5) is 0 Å². The van der Waals surface area contributed by atoms with Crippen LogP contribution < -0.4 is 10.3 Å². The lowest BCUT2D eigenvalue weighted by molar-refractivity contribution is -0.135. The third-order valence-electron chi connectivity index (χ3n) is 3.60. The quantitative estimate of drug-likeness (QED) is 0.507. The molecular formula is C16H12Cl2N2O3S. The zero-order valence-electron chi connectivity index (χ0n) is 12.8. The Morgan fingerprint density at radius 1 is 1.33 bits per heavy atom. The van der Waals surface area contributed by atoms with Crippen LogP contribution >= 0.6 is 34.5 Å². The zero-order chi connectivity index (χ0) is 17.4. The molecule has 8 heteroatoms. The molecule has 0 saturated carbocycles. The van der Waals surface area contributed by atoms with E-state index in [-0.39, 0.29) is 27.9 Å². The number of halogens is 2. The first kappa shape index (κ1) is 17.0. The van der Waals surface area contributed by atoms with Crippen molar-refractivity contribution in [3.8, 4) is 5.75 Å². The lowest BCUT2D eigenvalue weighted by Crippen LogP contribution is -2.26. The summed E-state index contributed by atoms with van der Waals surface area (Å²) >= 11 is 13.3. The number of esters is 1.